The number of anilines is 1. The summed E-state index contributed by atoms with van der Waals surface area (Å²) in [6.45, 7) is 2.84. The molecule has 2 amide bonds. The van der Waals surface area contributed by atoms with E-state index in [4.69, 9.17) is 4.74 Å². The molecule has 20 heavy (non-hydrogen) atoms. The summed E-state index contributed by atoms with van der Waals surface area (Å²) in [6, 6.07) is 8.21. The van der Waals surface area contributed by atoms with Crippen LogP contribution in [0.2, 0.25) is 0 Å². The smallest absolute Gasteiger partial charge is 0.315 e. The first-order valence-electron chi connectivity index (χ1n) is 6.73. The molecule has 110 valence electrons. The molecule has 0 aliphatic carbocycles. The molecule has 1 heterocycles. The number of methoxy groups -OCH3 is 1. The van der Waals surface area contributed by atoms with Crippen molar-refractivity contribution in [1.29, 1.82) is 0 Å². The van der Waals surface area contributed by atoms with Crippen molar-refractivity contribution in [3.63, 3.8) is 0 Å². The summed E-state index contributed by atoms with van der Waals surface area (Å²) >= 11 is 3.56. The quantitative estimate of drug-likeness (QED) is 0.805. The predicted molar refractivity (Wildman–Crippen MR) is 83.2 cm³/mol. The molecule has 6 heteroatoms. The molecule has 1 unspecified atom stereocenters. The largest absolute Gasteiger partial charge is 0.383 e. The van der Waals surface area contributed by atoms with E-state index < -0.39 is 0 Å². The van der Waals surface area contributed by atoms with Crippen LogP contribution in [0.1, 0.15) is 6.42 Å². The first-order valence-corrected chi connectivity index (χ1v) is 7.53. The van der Waals surface area contributed by atoms with E-state index in [1.165, 1.54) is 5.69 Å². The monoisotopic (exact) mass is 341 g/mol. The van der Waals surface area contributed by atoms with Crippen molar-refractivity contribution in [2.45, 2.75) is 12.5 Å². The van der Waals surface area contributed by atoms with Crippen LogP contribution in [-0.4, -0.2) is 45.4 Å². The van der Waals surface area contributed by atoms with Gasteiger partial charge in [-0.15, -0.1) is 0 Å². The van der Waals surface area contributed by atoms with Crippen molar-refractivity contribution in [2.75, 3.05) is 38.3 Å². The number of carbonyl (C=O) groups is 1. The average molecular weight is 342 g/mol. The summed E-state index contributed by atoms with van der Waals surface area (Å²) in [5.74, 6) is 0. The van der Waals surface area contributed by atoms with E-state index in [1.807, 2.05) is 18.2 Å². The molecule has 1 aromatic rings. The minimum absolute atomic E-state index is 0.124. The van der Waals surface area contributed by atoms with Crippen molar-refractivity contribution >= 4 is 27.6 Å². The fraction of sp³-hybridized carbons (Fsp3) is 0.500. The summed E-state index contributed by atoms with van der Waals surface area (Å²) in [5, 5.41) is 5.77. The molecule has 0 spiro atoms. The van der Waals surface area contributed by atoms with E-state index in [1.54, 1.807) is 7.11 Å². The van der Waals surface area contributed by atoms with Gasteiger partial charge >= 0.3 is 6.03 Å². The maximum absolute atomic E-state index is 11.7. The van der Waals surface area contributed by atoms with Crippen LogP contribution in [0.4, 0.5) is 10.5 Å². The van der Waals surface area contributed by atoms with Gasteiger partial charge in [0.1, 0.15) is 0 Å². The number of amides is 2. The highest BCUT2D eigenvalue weighted by Gasteiger charge is 2.24. The molecule has 1 saturated heterocycles. The number of ether oxygens (including phenoxy) is 1. The van der Waals surface area contributed by atoms with Crippen LogP contribution in [0.25, 0.3) is 0 Å². The Kier molecular flexibility index (Phi) is 5.67. The number of nitrogens with zero attached hydrogens (tertiary/aromatic N) is 1. The zero-order valence-electron chi connectivity index (χ0n) is 11.6. The summed E-state index contributed by atoms with van der Waals surface area (Å²) in [5.41, 5.74) is 1.18. The topological polar surface area (TPSA) is 53.6 Å². The summed E-state index contributed by atoms with van der Waals surface area (Å²) in [7, 11) is 1.62. The van der Waals surface area contributed by atoms with Gasteiger partial charge in [-0.1, -0.05) is 12.1 Å². The third-order valence-electron chi connectivity index (χ3n) is 3.31. The Morgan fingerprint density at radius 3 is 3.05 bits per heavy atom. The van der Waals surface area contributed by atoms with Gasteiger partial charge in [0.15, 0.2) is 0 Å². The minimum Gasteiger partial charge on any atom is -0.383 e. The molecule has 0 radical (unpaired) electrons. The Morgan fingerprint density at radius 1 is 1.50 bits per heavy atom. The van der Waals surface area contributed by atoms with E-state index in [2.05, 4.69) is 37.5 Å². The van der Waals surface area contributed by atoms with Crippen LogP contribution >= 0.6 is 15.9 Å². The van der Waals surface area contributed by atoms with Gasteiger partial charge in [-0.2, -0.15) is 0 Å². The van der Waals surface area contributed by atoms with Crippen LogP contribution < -0.4 is 15.5 Å². The fourth-order valence-corrected chi connectivity index (χ4v) is 2.84. The van der Waals surface area contributed by atoms with Gasteiger partial charge in [0.05, 0.1) is 12.3 Å². The zero-order chi connectivity index (χ0) is 14.4. The van der Waals surface area contributed by atoms with Crippen LogP contribution in [0.5, 0.6) is 0 Å². The second kappa shape index (κ2) is 7.50. The molecule has 1 atom stereocenters. The van der Waals surface area contributed by atoms with Crippen molar-refractivity contribution in [3.05, 3.63) is 28.7 Å². The number of halogens is 1. The number of para-hydroxylation sites is 1. The Hall–Kier alpha value is -1.27. The average Bonchev–Trinajstić information content (AvgIpc) is 2.88. The molecule has 1 aromatic carbocycles. The summed E-state index contributed by atoms with van der Waals surface area (Å²) in [6.07, 6.45) is 0.957. The lowest BCUT2D eigenvalue weighted by atomic mass is 10.3. The van der Waals surface area contributed by atoms with E-state index in [-0.39, 0.29) is 12.1 Å². The fourth-order valence-electron chi connectivity index (χ4n) is 2.31. The number of nitrogens with one attached hydrogen (secondary N) is 2. The van der Waals surface area contributed by atoms with Gasteiger partial charge < -0.3 is 20.3 Å². The van der Waals surface area contributed by atoms with Gasteiger partial charge in [-0.05, 0) is 34.5 Å². The number of hydrogen-bond donors (Lipinski definition) is 2. The van der Waals surface area contributed by atoms with Gasteiger partial charge in [0.25, 0.3) is 0 Å². The number of hydrogen-bond acceptors (Lipinski definition) is 3. The van der Waals surface area contributed by atoms with E-state index >= 15 is 0 Å². The van der Waals surface area contributed by atoms with Gasteiger partial charge in [0.2, 0.25) is 0 Å². The maximum Gasteiger partial charge on any atom is 0.315 e. The first kappa shape index (κ1) is 15.1. The van der Waals surface area contributed by atoms with Crippen LogP contribution in [0.3, 0.4) is 0 Å². The molecular weight excluding hydrogens is 322 g/mol. The third kappa shape index (κ3) is 4.11. The lowest BCUT2D eigenvalue weighted by molar-refractivity contribution is 0.195. The maximum atomic E-state index is 11.7. The van der Waals surface area contributed by atoms with Crippen LogP contribution in [-0.2, 0) is 4.74 Å². The molecule has 0 aromatic heterocycles. The SMILES string of the molecule is COCCNC(=O)NC1CCN(c2ccccc2Br)C1. The van der Waals surface area contributed by atoms with Crippen molar-refractivity contribution in [3.8, 4) is 0 Å². The lowest BCUT2D eigenvalue weighted by Gasteiger charge is -2.20. The van der Waals surface area contributed by atoms with Crippen molar-refractivity contribution in [2.24, 2.45) is 0 Å². The number of carbonyl (C=O) groups excluding carboxylic acids is 1. The van der Waals surface area contributed by atoms with E-state index in [0.717, 1.165) is 24.0 Å². The standard InChI is InChI=1S/C14H20BrN3O2/c1-20-9-7-16-14(19)17-11-6-8-18(10-11)13-5-3-2-4-12(13)15/h2-5,11H,6-10H2,1H3,(H2,16,17,19). The molecule has 1 aliphatic rings. The zero-order valence-corrected chi connectivity index (χ0v) is 13.1. The van der Waals surface area contributed by atoms with E-state index in [9.17, 15) is 4.79 Å². The van der Waals surface area contributed by atoms with Crippen molar-refractivity contribution < 1.29 is 9.53 Å². The third-order valence-corrected chi connectivity index (χ3v) is 3.98. The van der Waals surface area contributed by atoms with E-state index in [0.29, 0.717) is 13.2 Å². The molecule has 1 aliphatic heterocycles. The van der Waals surface area contributed by atoms with Gasteiger partial charge in [0, 0.05) is 37.3 Å². The minimum atomic E-state index is -0.124. The summed E-state index contributed by atoms with van der Waals surface area (Å²) in [4.78, 5) is 14.0. The second-order valence-corrected chi connectivity index (χ2v) is 5.63. The Balaban J connectivity index is 1.81. The Labute approximate surface area is 127 Å². The molecule has 1 fully saturated rings. The number of benzene rings is 1. The molecule has 2 N–H and O–H groups in total. The highest BCUT2D eigenvalue weighted by atomic mass is 79.9. The van der Waals surface area contributed by atoms with Crippen LogP contribution in [0.15, 0.2) is 28.7 Å². The predicted octanol–water partition coefficient (Wildman–Crippen LogP) is 1.97. The number of rotatable bonds is 5. The first-order chi connectivity index (χ1) is 9.70. The van der Waals surface area contributed by atoms with Gasteiger partial charge in [-0.25, -0.2) is 4.79 Å². The molecule has 0 saturated carbocycles. The second-order valence-electron chi connectivity index (χ2n) is 4.78. The normalized spacial score (nSPS) is 18.1. The highest BCUT2D eigenvalue weighted by Crippen LogP contribution is 2.28. The van der Waals surface area contributed by atoms with Crippen molar-refractivity contribution in [1.82, 2.24) is 10.6 Å². The molecular formula is C14H20BrN3O2. The summed E-state index contributed by atoms with van der Waals surface area (Å²) < 4.78 is 5.98. The molecule has 5 nitrogen and oxygen atoms in total. The Morgan fingerprint density at radius 2 is 2.30 bits per heavy atom. The van der Waals surface area contributed by atoms with Crippen LogP contribution in [0, 0.1) is 0 Å². The lowest BCUT2D eigenvalue weighted by Crippen LogP contribution is -2.44. The molecule has 2 rings (SSSR count). The molecule has 0 bridgehead atoms. The highest BCUT2D eigenvalue weighted by molar-refractivity contribution is 9.10. The Bertz CT molecular complexity index is 456. The number of urea groups is 1. The van der Waals surface area contributed by atoms with Gasteiger partial charge in [-0.3, -0.25) is 0 Å².